The van der Waals surface area contributed by atoms with E-state index >= 15 is 0 Å². The molecule has 6 heteroatoms. The molecule has 22 heavy (non-hydrogen) atoms. The molecule has 0 aliphatic carbocycles. The molecule has 2 aromatic rings. The lowest BCUT2D eigenvalue weighted by atomic mass is 10.1. The number of likely N-dealkylation sites (N-methyl/N-ethyl adjacent to an activating group) is 1. The maximum atomic E-state index is 11.4. The van der Waals surface area contributed by atoms with Gasteiger partial charge in [0.15, 0.2) is 0 Å². The van der Waals surface area contributed by atoms with E-state index in [1.54, 1.807) is 18.3 Å². The normalized spacial score (nSPS) is 18.5. The second-order valence-electron chi connectivity index (χ2n) is 5.58. The number of nitrogens with zero attached hydrogens (tertiary/aromatic N) is 3. The number of aromatic carboxylic acids is 1. The quantitative estimate of drug-likeness (QED) is 0.937. The number of hydrogen-bond acceptors (Lipinski definition) is 4. The number of benzene rings is 1. The highest BCUT2D eigenvalue weighted by molar-refractivity contribution is 5.92. The van der Waals surface area contributed by atoms with Crippen LogP contribution in [-0.4, -0.2) is 52.8 Å². The van der Waals surface area contributed by atoms with Crippen LogP contribution < -0.4 is 4.74 Å². The molecule has 3 rings (SSSR count). The Morgan fingerprint density at radius 1 is 1.45 bits per heavy atom. The smallest absolute Gasteiger partial charge is 0.339 e. The molecule has 1 aromatic carbocycles. The van der Waals surface area contributed by atoms with Crippen LogP contribution in [0.5, 0.6) is 5.75 Å². The molecule has 116 valence electrons. The summed E-state index contributed by atoms with van der Waals surface area (Å²) in [7, 11) is 3.57. The van der Waals surface area contributed by atoms with Crippen molar-refractivity contribution < 1.29 is 14.6 Å². The summed E-state index contributed by atoms with van der Waals surface area (Å²) in [5.41, 5.74) is 0.941. The molecule has 1 atom stereocenters. The molecule has 6 nitrogen and oxygen atoms in total. The van der Waals surface area contributed by atoms with Crippen LogP contribution in [0.2, 0.25) is 0 Å². The van der Waals surface area contributed by atoms with Crippen LogP contribution in [0.3, 0.4) is 0 Å². The van der Waals surface area contributed by atoms with Gasteiger partial charge in [-0.2, -0.15) is 0 Å². The molecule has 1 unspecified atom stereocenters. The summed E-state index contributed by atoms with van der Waals surface area (Å²) in [6.45, 7) is 2.04. The first-order valence-electron chi connectivity index (χ1n) is 7.23. The van der Waals surface area contributed by atoms with E-state index in [-0.39, 0.29) is 5.56 Å². The maximum absolute atomic E-state index is 11.4. The van der Waals surface area contributed by atoms with E-state index in [0.29, 0.717) is 11.8 Å². The van der Waals surface area contributed by atoms with Crippen molar-refractivity contribution in [3.05, 3.63) is 36.2 Å². The molecule has 2 heterocycles. The molecular formula is C16H19N3O3. The number of ether oxygens (including phenoxy) is 1. The number of hydrogen-bond donors (Lipinski definition) is 1. The molecule has 0 saturated carbocycles. The SMILES string of the molecule is COc1ccc(-c2nccn2C2CCN(C)C2)cc1C(=O)O. The lowest BCUT2D eigenvalue weighted by molar-refractivity contribution is 0.0693. The lowest BCUT2D eigenvalue weighted by Gasteiger charge is -2.16. The number of methoxy groups -OCH3 is 1. The molecule has 0 radical (unpaired) electrons. The van der Waals surface area contributed by atoms with Gasteiger partial charge in [-0.05, 0) is 38.2 Å². The lowest BCUT2D eigenvalue weighted by Crippen LogP contribution is -2.16. The third kappa shape index (κ3) is 2.57. The highest BCUT2D eigenvalue weighted by atomic mass is 16.5. The van der Waals surface area contributed by atoms with E-state index in [9.17, 15) is 9.90 Å². The van der Waals surface area contributed by atoms with Crippen LogP contribution in [0.4, 0.5) is 0 Å². The fourth-order valence-electron chi connectivity index (χ4n) is 2.98. The van der Waals surface area contributed by atoms with E-state index in [4.69, 9.17) is 4.74 Å². The zero-order valence-electron chi connectivity index (χ0n) is 12.7. The van der Waals surface area contributed by atoms with Gasteiger partial charge < -0.3 is 19.3 Å². The van der Waals surface area contributed by atoms with Crippen molar-refractivity contribution in [2.75, 3.05) is 27.2 Å². The average molecular weight is 301 g/mol. The average Bonchev–Trinajstić information content (AvgIpc) is 3.14. The van der Waals surface area contributed by atoms with Crippen LogP contribution in [-0.2, 0) is 0 Å². The minimum Gasteiger partial charge on any atom is -0.496 e. The molecular weight excluding hydrogens is 282 g/mol. The second-order valence-corrected chi connectivity index (χ2v) is 5.58. The maximum Gasteiger partial charge on any atom is 0.339 e. The number of carboxylic acids is 1. The monoisotopic (exact) mass is 301 g/mol. The van der Waals surface area contributed by atoms with Gasteiger partial charge >= 0.3 is 5.97 Å². The minimum atomic E-state index is -1.00. The largest absolute Gasteiger partial charge is 0.496 e. The third-order valence-electron chi connectivity index (χ3n) is 4.12. The van der Waals surface area contributed by atoms with Crippen molar-refractivity contribution in [2.45, 2.75) is 12.5 Å². The third-order valence-corrected chi connectivity index (χ3v) is 4.12. The van der Waals surface area contributed by atoms with Gasteiger partial charge in [-0.1, -0.05) is 0 Å². The van der Waals surface area contributed by atoms with Crippen LogP contribution in [0.15, 0.2) is 30.6 Å². The molecule has 1 fully saturated rings. The van der Waals surface area contributed by atoms with E-state index in [1.807, 2.05) is 12.3 Å². The highest BCUT2D eigenvalue weighted by Crippen LogP contribution is 2.30. The summed E-state index contributed by atoms with van der Waals surface area (Å²) in [5.74, 6) is 0.151. The summed E-state index contributed by atoms with van der Waals surface area (Å²) in [5, 5.41) is 9.32. The summed E-state index contributed by atoms with van der Waals surface area (Å²) in [6, 6.07) is 5.53. The molecule has 0 spiro atoms. The fraction of sp³-hybridized carbons (Fsp3) is 0.375. The van der Waals surface area contributed by atoms with Crippen molar-refractivity contribution in [2.24, 2.45) is 0 Å². The van der Waals surface area contributed by atoms with Gasteiger partial charge in [-0.3, -0.25) is 0 Å². The predicted octanol–water partition coefficient (Wildman–Crippen LogP) is 2.13. The first-order chi connectivity index (χ1) is 10.6. The van der Waals surface area contributed by atoms with Gasteiger partial charge in [0.25, 0.3) is 0 Å². The van der Waals surface area contributed by atoms with Crippen molar-refractivity contribution in [1.29, 1.82) is 0 Å². The van der Waals surface area contributed by atoms with Crippen molar-refractivity contribution in [3.63, 3.8) is 0 Å². The Labute approximate surface area is 129 Å². The van der Waals surface area contributed by atoms with Crippen molar-refractivity contribution >= 4 is 5.97 Å². The van der Waals surface area contributed by atoms with E-state index in [0.717, 1.165) is 30.9 Å². The number of imidazole rings is 1. The molecule has 1 aromatic heterocycles. The molecule has 0 amide bonds. The second kappa shape index (κ2) is 5.81. The molecule has 0 bridgehead atoms. The summed E-state index contributed by atoms with van der Waals surface area (Å²) >= 11 is 0. The highest BCUT2D eigenvalue weighted by Gasteiger charge is 2.24. The predicted molar refractivity (Wildman–Crippen MR) is 82.3 cm³/mol. The summed E-state index contributed by atoms with van der Waals surface area (Å²) in [4.78, 5) is 18.1. The fourth-order valence-corrected chi connectivity index (χ4v) is 2.98. The van der Waals surface area contributed by atoms with E-state index in [1.165, 1.54) is 7.11 Å². The van der Waals surface area contributed by atoms with Gasteiger partial charge in [-0.25, -0.2) is 9.78 Å². The first kappa shape index (κ1) is 14.6. The molecule has 1 N–H and O–H groups in total. The van der Waals surface area contributed by atoms with E-state index < -0.39 is 5.97 Å². The Morgan fingerprint density at radius 2 is 2.27 bits per heavy atom. The Balaban J connectivity index is 2.00. The Hall–Kier alpha value is -2.34. The van der Waals surface area contributed by atoms with E-state index in [2.05, 4.69) is 21.5 Å². The zero-order chi connectivity index (χ0) is 15.7. The van der Waals surface area contributed by atoms with Gasteiger partial charge in [0.2, 0.25) is 0 Å². The van der Waals surface area contributed by atoms with Gasteiger partial charge in [-0.15, -0.1) is 0 Å². The standard InChI is InChI=1S/C16H19N3O3/c1-18-7-5-12(10-18)19-8-6-17-15(19)11-3-4-14(22-2)13(9-11)16(20)21/h3-4,6,8-9,12H,5,7,10H2,1-2H3,(H,20,21). The number of rotatable bonds is 4. The summed E-state index contributed by atoms with van der Waals surface area (Å²) in [6.07, 6.45) is 4.80. The van der Waals surface area contributed by atoms with Gasteiger partial charge in [0, 0.05) is 30.5 Å². The van der Waals surface area contributed by atoms with Crippen LogP contribution in [0.1, 0.15) is 22.8 Å². The number of aromatic nitrogens is 2. The first-order valence-corrected chi connectivity index (χ1v) is 7.23. The van der Waals surface area contributed by atoms with Gasteiger partial charge in [0.05, 0.1) is 7.11 Å². The Bertz CT molecular complexity index is 696. The summed E-state index contributed by atoms with van der Waals surface area (Å²) < 4.78 is 7.24. The van der Waals surface area contributed by atoms with Crippen molar-refractivity contribution in [1.82, 2.24) is 14.5 Å². The topological polar surface area (TPSA) is 67.6 Å². The molecule has 1 aliphatic rings. The van der Waals surface area contributed by atoms with Crippen LogP contribution in [0.25, 0.3) is 11.4 Å². The van der Waals surface area contributed by atoms with Gasteiger partial charge in [0.1, 0.15) is 17.1 Å². The number of carbonyl (C=O) groups is 1. The Kier molecular flexibility index (Phi) is 3.85. The number of carboxylic acid groups (broad SMARTS) is 1. The number of likely N-dealkylation sites (tertiary alicyclic amines) is 1. The minimum absolute atomic E-state index is 0.151. The van der Waals surface area contributed by atoms with Crippen molar-refractivity contribution in [3.8, 4) is 17.1 Å². The molecule has 1 aliphatic heterocycles. The Morgan fingerprint density at radius 3 is 2.91 bits per heavy atom. The molecule has 1 saturated heterocycles. The van der Waals surface area contributed by atoms with Crippen LogP contribution >= 0.6 is 0 Å². The van der Waals surface area contributed by atoms with Crippen LogP contribution in [0, 0.1) is 0 Å². The zero-order valence-corrected chi connectivity index (χ0v) is 12.7.